The van der Waals surface area contributed by atoms with Gasteiger partial charge in [-0.25, -0.2) is 0 Å². The summed E-state index contributed by atoms with van der Waals surface area (Å²) in [6.45, 7) is 1.55. The van der Waals surface area contributed by atoms with E-state index in [9.17, 15) is 9.90 Å². The van der Waals surface area contributed by atoms with E-state index in [-0.39, 0.29) is 17.8 Å². The fourth-order valence-corrected chi connectivity index (χ4v) is 2.99. The van der Waals surface area contributed by atoms with Crippen molar-refractivity contribution in [3.05, 3.63) is 22.4 Å². The third-order valence-corrected chi connectivity index (χ3v) is 4.23. The van der Waals surface area contributed by atoms with Gasteiger partial charge in [0, 0.05) is 17.8 Å². The lowest BCUT2D eigenvalue weighted by Gasteiger charge is -2.36. The number of carbonyl (C=O) groups is 1. The van der Waals surface area contributed by atoms with E-state index in [0.29, 0.717) is 26.2 Å². The molecule has 2 unspecified atom stereocenters. The topological polar surface area (TPSA) is 49.8 Å². The summed E-state index contributed by atoms with van der Waals surface area (Å²) in [6, 6.07) is 3.71. The van der Waals surface area contributed by atoms with Gasteiger partial charge in [-0.05, 0) is 11.4 Å². The first-order valence-electron chi connectivity index (χ1n) is 5.87. The molecule has 2 heterocycles. The zero-order valence-corrected chi connectivity index (χ0v) is 11.5. The number of nitrogens with zero attached hydrogens (tertiary/aromatic N) is 1. The predicted molar refractivity (Wildman–Crippen MR) is 70.9 cm³/mol. The lowest BCUT2D eigenvalue weighted by molar-refractivity contribution is -0.138. The van der Waals surface area contributed by atoms with Crippen molar-refractivity contribution in [2.24, 2.45) is 0 Å². The molecule has 18 heavy (non-hydrogen) atoms. The number of alkyl halides is 1. The summed E-state index contributed by atoms with van der Waals surface area (Å²) < 4.78 is 5.38. The van der Waals surface area contributed by atoms with Crippen LogP contribution in [0.4, 0.5) is 0 Å². The van der Waals surface area contributed by atoms with Gasteiger partial charge >= 0.3 is 0 Å². The van der Waals surface area contributed by atoms with E-state index < -0.39 is 6.10 Å². The van der Waals surface area contributed by atoms with Crippen LogP contribution in [-0.2, 0) is 9.53 Å². The highest BCUT2D eigenvalue weighted by atomic mass is 35.5. The van der Waals surface area contributed by atoms with Gasteiger partial charge in [-0.1, -0.05) is 6.07 Å². The monoisotopic (exact) mass is 289 g/mol. The number of halogens is 1. The number of carbonyl (C=O) groups excluding carboxylic acids is 1. The van der Waals surface area contributed by atoms with Crippen LogP contribution in [-0.4, -0.2) is 47.6 Å². The molecule has 0 bridgehead atoms. The molecule has 0 aromatic carbocycles. The highest BCUT2D eigenvalue weighted by Gasteiger charge is 2.29. The summed E-state index contributed by atoms with van der Waals surface area (Å²) in [5.41, 5.74) is 0. The second-order valence-electron chi connectivity index (χ2n) is 4.22. The van der Waals surface area contributed by atoms with E-state index in [1.54, 1.807) is 4.90 Å². The van der Waals surface area contributed by atoms with Gasteiger partial charge in [-0.2, -0.15) is 0 Å². The van der Waals surface area contributed by atoms with Crippen molar-refractivity contribution in [1.29, 1.82) is 0 Å². The van der Waals surface area contributed by atoms with Crippen molar-refractivity contribution in [2.75, 3.05) is 25.6 Å². The first-order valence-corrected chi connectivity index (χ1v) is 7.28. The van der Waals surface area contributed by atoms with Crippen molar-refractivity contribution in [3.63, 3.8) is 0 Å². The molecule has 1 aromatic rings. The minimum Gasteiger partial charge on any atom is -0.387 e. The highest BCUT2D eigenvalue weighted by Crippen LogP contribution is 2.25. The summed E-state index contributed by atoms with van der Waals surface area (Å²) in [7, 11) is 0. The highest BCUT2D eigenvalue weighted by molar-refractivity contribution is 7.10. The molecule has 1 aromatic heterocycles. The van der Waals surface area contributed by atoms with E-state index in [1.165, 1.54) is 11.3 Å². The normalized spacial score (nSPS) is 21.9. The maximum Gasteiger partial charge on any atom is 0.237 e. The first-order chi connectivity index (χ1) is 8.72. The maximum atomic E-state index is 11.7. The standard InChI is InChI=1S/C12H16ClNO3S/c13-7-12(16)14-3-4-17-8-9(14)6-10(15)11-2-1-5-18-11/h1-2,5,9-10,15H,3-4,6-8H2. The average Bonchev–Trinajstić information content (AvgIpc) is 2.92. The van der Waals surface area contributed by atoms with Gasteiger partial charge in [-0.3, -0.25) is 4.79 Å². The Kier molecular flexibility index (Phi) is 5.00. The van der Waals surface area contributed by atoms with Gasteiger partial charge in [0.05, 0.1) is 25.4 Å². The Morgan fingerprint density at radius 1 is 1.72 bits per heavy atom. The average molecular weight is 290 g/mol. The molecule has 0 aliphatic carbocycles. The van der Waals surface area contributed by atoms with Gasteiger partial charge in [0.25, 0.3) is 0 Å². The van der Waals surface area contributed by atoms with Gasteiger partial charge in [0.1, 0.15) is 5.88 Å². The number of aliphatic hydroxyl groups excluding tert-OH is 1. The van der Waals surface area contributed by atoms with Crippen LogP contribution in [0.5, 0.6) is 0 Å². The lowest BCUT2D eigenvalue weighted by atomic mass is 10.1. The van der Waals surface area contributed by atoms with Crippen LogP contribution >= 0.6 is 22.9 Å². The molecule has 1 amide bonds. The molecule has 6 heteroatoms. The number of hydrogen-bond acceptors (Lipinski definition) is 4. The molecule has 0 saturated carbocycles. The smallest absolute Gasteiger partial charge is 0.237 e. The summed E-state index contributed by atoms with van der Waals surface area (Å²) in [5.74, 6) is -0.116. The van der Waals surface area contributed by atoms with Crippen LogP contribution in [0.25, 0.3) is 0 Å². The summed E-state index contributed by atoms with van der Waals surface area (Å²) in [5, 5.41) is 12.0. The number of aliphatic hydroxyl groups is 1. The minimum absolute atomic E-state index is 0.0222. The Morgan fingerprint density at radius 3 is 3.22 bits per heavy atom. The van der Waals surface area contributed by atoms with Crippen LogP contribution < -0.4 is 0 Å². The van der Waals surface area contributed by atoms with Crippen molar-refractivity contribution >= 4 is 28.8 Å². The Labute approximate surface area is 115 Å². The molecule has 0 radical (unpaired) electrons. The van der Waals surface area contributed by atoms with E-state index >= 15 is 0 Å². The molecular weight excluding hydrogens is 274 g/mol. The molecule has 1 saturated heterocycles. The Bertz CT molecular complexity index is 385. The molecule has 1 fully saturated rings. The fraction of sp³-hybridized carbons (Fsp3) is 0.583. The Hall–Kier alpha value is -0.620. The summed E-state index contributed by atoms with van der Waals surface area (Å²) >= 11 is 7.11. The maximum absolute atomic E-state index is 11.7. The van der Waals surface area contributed by atoms with Crippen molar-refractivity contribution in [2.45, 2.75) is 18.6 Å². The van der Waals surface area contributed by atoms with E-state index in [1.807, 2.05) is 17.5 Å². The molecule has 1 aliphatic rings. The van der Waals surface area contributed by atoms with Gasteiger partial charge in [0.2, 0.25) is 5.91 Å². The number of morpholine rings is 1. The van der Waals surface area contributed by atoms with E-state index in [4.69, 9.17) is 16.3 Å². The molecule has 1 N–H and O–H groups in total. The molecular formula is C12H16ClNO3S. The number of thiophene rings is 1. The van der Waals surface area contributed by atoms with Crippen LogP contribution in [0, 0.1) is 0 Å². The second kappa shape index (κ2) is 6.52. The van der Waals surface area contributed by atoms with Gasteiger partial charge < -0.3 is 14.7 Å². The predicted octanol–water partition coefficient (Wildman–Crippen LogP) is 1.64. The number of rotatable bonds is 4. The SMILES string of the molecule is O=C(CCl)N1CCOCC1CC(O)c1cccs1. The van der Waals surface area contributed by atoms with Crippen molar-refractivity contribution in [1.82, 2.24) is 4.90 Å². The third-order valence-electron chi connectivity index (χ3n) is 3.03. The van der Waals surface area contributed by atoms with Crippen LogP contribution in [0.3, 0.4) is 0 Å². The van der Waals surface area contributed by atoms with Crippen LogP contribution in [0.15, 0.2) is 17.5 Å². The van der Waals surface area contributed by atoms with Crippen molar-refractivity contribution < 1.29 is 14.6 Å². The van der Waals surface area contributed by atoms with Crippen LogP contribution in [0.2, 0.25) is 0 Å². The lowest BCUT2D eigenvalue weighted by Crippen LogP contribution is -2.49. The Morgan fingerprint density at radius 2 is 2.56 bits per heavy atom. The molecule has 100 valence electrons. The number of ether oxygens (including phenoxy) is 1. The third kappa shape index (κ3) is 3.23. The van der Waals surface area contributed by atoms with Crippen molar-refractivity contribution in [3.8, 4) is 0 Å². The molecule has 4 nitrogen and oxygen atoms in total. The zero-order chi connectivity index (χ0) is 13.0. The molecule has 2 atom stereocenters. The second-order valence-corrected chi connectivity index (χ2v) is 5.46. The Balaban J connectivity index is 1.99. The van der Waals surface area contributed by atoms with Crippen LogP contribution in [0.1, 0.15) is 17.4 Å². The minimum atomic E-state index is -0.553. The molecule has 2 rings (SSSR count). The summed E-state index contributed by atoms with van der Waals surface area (Å²) in [4.78, 5) is 14.3. The quantitative estimate of drug-likeness (QED) is 0.857. The zero-order valence-electron chi connectivity index (χ0n) is 9.92. The fourth-order valence-electron chi connectivity index (χ4n) is 2.11. The van der Waals surface area contributed by atoms with E-state index in [2.05, 4.69) is 0 Å². The molecule has 0 spiro atoms. The summed E-state index contributed by atoms with van der Waals surface area (Å²) in [6.07, 6.45) is -0.0642. The molecule has 1 aliphatic heterocycles. The largest absolute Gasteiger partial charge is 0.387 e. The van der Waals surface area contributed by atoms with E-state index in [0.717, 1.165) is 4.88 Å². The van der Waals surface area contributed by atoms with Gasteiger partial charge in [0.15, 0.2) is 0 Å². The number of amides is 1. The van der Waals surface area contributed by atoms with Gasteiger partial charge in [-0.15, -0.1) is 22.9 Å². The number of hydrogen-bond donors (Lipinski definition) is 1. The first kappa shape index (κ1) is 13.8.